The molecule has 10 heteroatoms. The Bertz CT molecular complexity index is 2050. The average Bonchev–Trinajstić information content (AvgIpc) is 3.60. The van der Waals surface area contributed by atoms with Gasteiger partial charge in [-0.05, 0) is 41.0 Å². The molecule has 0 unspecified atom stereocenters. The number of carboxylic acids is 2. The van der Waals surface area contributed by atoms with Gasteiger partial charge in [-0.15, -0.1) is 0 Å². The molecule has 6 rings (SSSR count). The van der Waals surface area contributed by atoms with Crippen LogP contribution < -0.4 is 28.4 Å². The van der Waals surface area contributed by atoms with Crippen LogP contribution in [0.15, 0.2) is 109 Å². The second-order valence-corrected chi connectivity index (χ2v) is 11.3. The molecule has 10 nitrogen and oxygen atoms in total. The number of aromatic carboxylic acids is 1. The molecule has 254 valence electrons. The Balaban J connectivity index is 1.43. The standard InChI is InChI=1S/C40H34O10/c1-45-33-20-38-36(49-24-50-38)18-28(33)17-29(39(41)42)16-26-12-6-8-14-30(26)32-19-37(47-22-25-10-4-3-5-11-25)35(46-2)21-34(32)48-23-27-13-7-9-15-31(27)40(43)44/h3-16,18-21H,17,22-24H2,1-2H3,(H,41,42)(H,43,44). The van der Waals surface area contributed by atoms with Crippen molar-refractivity contribution >= 4 is 18.0 Å². The van der Waals surface area contributed by atoms with Crippen LogP contribution in [0.25, 0.3) is 17.2 Å². The van der Waals surface area contributed by atoms with E-state index >= 15 is 0 Å². The first-order valence-corrected chi connectivity index (χ1v) is 15.7. The van der Waals surface area contributed by atoms with Crippen molar-refractivity contribution in [2.45, 2.75) is 19.6 Å². The topological polar surface area (TPSA) is 130 Å². The molecule has 50 heavy (non-hydrogen) atoms. The van der Waals surface area contributed by atoms with Gasteiger partial charge in [0.2, 0.25) is 6.79 Å². The maximum absolute atomic E-state index is 12.7. The van der Waals surface area contributed by atoms with Gasteiger partial charge < -0.3 is 38.6 Å². The molecule has 0 radical (unpaired) electrons. The Morgan fingerprint density at radius 3 is 2.10 bits per heavy atom. The Labute approximate surface area is 288 Å². The van der Waals surface area contributed by atoms with Crippen LogP contribution in [0.3, 0.4) is 0 Å². The molecule has 0 saturated heterocycles. The van der Waals surface area contributed by atoms with Gasteiger partial charge in [0.25, 0.3) is 0 Å². The fraction of sp³-hybridized carbons (Fsp3) is 0.150. The predicted molar refractivity (Wildman–Crippen MR) is 185 cm³/mol. The Hall–Kier alpha value is -6.42. The lowest BCUT2D eigenvalue weighted by atomic mass is 9.95. The summed E-state index contributed by atoms with van der Waals surface area (Å²) in [5.74, 6) is 0.558. The lowest BCUT2D eigenvalue weighted by molar-refractivity contribution is -0.132. The minimum absolute atomic E-state index is 0.0346. The second-order valence-electron chi connectivity index (χ2n) is 11.3. The molecule has 1 aliphatic rings. The third kappa shape index (κ3) is 7.50. The Morgan fingerprint density at radius 1 is 0.680 bits per heavy atom. The number of methoxy groups -OCH3 is 2. The molecular weight excluding hydrogens is 640 g/mol. The van der Waals surface area contributed by atoms with Gasteiger partial charge >= 0.3 is 11.9 Å². The molecule has 5 aromatic rings. The van der Waals surface area contributed by atoms with Crippen LogP contribution in [-0.2, 0) is 24.4 Å². The number of fused-ring (bicyclic) bond motifs is 1. The van der Waals surface area contributed by atoms with E-state index in [2.05, 4.69) is 0 Å². The van der Waals surface area contributed by atoms with E-state index in [9.17, 15) is 19.8 Å². The number of ether oxygens (including phenoxy) is 6. The van der Waals surface area contributed by atoms with Crippen LogP contribution in [0.5, 0.6) is 34.5 Å². The Kier molecular flexibility index (Phi) is 10.2. The number of carboxylic acid groups (broad SMARTS) is 2. The third-order valence-corrected chi connectivity index (χ3v) is 8.15. The molecule has 0 saturated carbocycles. The number of carbonyl (C=O) groups is 2. The minimum atomic E-state index is -1.11. The van der Waals surface area contributed by atoms with Crippen LogP contribution in [0.4, 0.5) is 0 Å². The summed E-state index contributed by atoms with van der Waals surface area (Å²) in [5, 5.41) is 20.1. The number of hydrogen-bond donors (Lipinski definition) is 2. The van der Waals surface area contributed by atoms with Crippen molar-refractivity contribution in [3.05, 3.63) is 137 Å². The van der Waals surface area contributed by atoms with E-state index in [0.717, 1.165) is 5.56 Å². The highest BCUT2D eigenvalue weighted by Gasteiger charge is 2.22. The van der Waals surface area contributed by atoms with Crippen molar-refractivity contribution in [3.63, 3.8) is 0 Å². The highest BCUT2D eigenvalue weighted by molar-refractivity contribution is 5.95. The zero-order chi connectivity index (χ0) is 35.0. The molecule has 0 aromatic heterocycles. The highest BCUT2D eigenvalue weighted by atomic mass is 16.7. The van der Waals surface area contributed by atoms with Gasteiger partial charge in [-0.25, -0.2) is 9.59 Å². The summed E-state index contributed by atoms with van der Waals surface area (Å²) in [6, 6.07) is 30.5. The minimum Gasteiger partial charge on any atom is -0.496 e. The Morgan fingerprint density at radius 2 is 1.36 bits per heavy atom. The monoisotopic (exact) mass is 674 g/mol. The third-order valence-electron chi connectivity index (χ3n) is 8.15. The molecule has 0 aliphatic carbocycles. The fourth-order valence-corrected chi connectivity index (χ4v) is 5.63. The first kappa shape index (κ1) is 33.5. The van der Waals surface area contributed by atoms with Gasteiger partial charge in [-0.3, -0.25) is 0 Å². The molecule has 0 bridgehead atoms. The quantitative estimate of drug-likeness (QED) is 0.113. The van der Waals surface area contributed by atoms with Gasteiger partial charge in [0.15, 0.2) is 23.0 Å². The maximum atomic E-state index is 12.7. The van der Waals surface area contributed by atoms with E-state index in [4.69, 9.17) is 28.4 Å². The molecule has 0 fully saturated rings. The van der Waals surface area contributed by atoms with Gasteiger partial charge in [0.05, 0.1) is 19.8 Å². The smallest absolute Gasteiger partial charge is 0.336 e. The summed E-state index contributed by atoms with van der Waals surface area (Å²) in [6.45, 7) is 0.290. The number of aliphatic carboxylic acids is 1. The zero-order valence-electron chi connectivity index (χ0n) is 27.4. The molecule has 0 spiro atoms. The maximum Gasteiger partial charge on any atom is 0.336 e. The van der Waals surface area contributed by atoms with Crippen LogP contribution in [0, 0.1) is 0 Å². The highest BCUT2D eigenvalue weighted by Crippen LogP contribution is 2.43. The van der Waals surface area contributed by atoms with Crippen LogP contribution in [0.1, 0.15) is 32.6 Å². The predicted octanol–water partition coefficient (Wildman–Crippen LogP) is 7.67. The van der Waals surface area contributed by atoms with Crippen molar-refractivity contribution in [2.75, 3.05) is 21.0 Å². The molecule has 2 N–H and O–H groups in total. The van der Waals surface area contributed by atoms with E-state index < -0.39 is 11.9 Å². The molecule has 0 amide bonds. The molecular formula is C40H34O10. The molecule has 1 heterocycles. The number of hydrogen-bond acceptors (Lipinski definition) is 8. The SMILES string of the molecule is COc1cc2c(cc1CC(=Cc1ccccc1-c1cc(OCc3ccccc3)c(OC)cc1OCc1ccccc1C(=O)O)C(=O)O)OCO2. The summed E-state index contributed by atoms with van der Waals surface area (Å²) in [7, 11) is 3.03. The van der Waals surface area contributed by atoms with Crippen LogP contribution >= 0.6 is 0 Å². The van der Waals surface area contributed by atoms with Gasteiger partial charge in [-0.2, -0.15) is 0 Å². The molecule has 1 aliphatic heterocycles. The zero-order valence-corrected chi connectivity index (χ0v) is 27.4. The van der Waals surface area contributed by atoms with E-state index in [0.29, 0.717) is 62.3 Å². The van der Waals surface area contributed by atoms with Crippen LogP contribution in [-0.4, -0.2) is 43.2 Å². The second kappa shape index (κ2) is 15.2. The summed E-state index contributed by atoms with van der Waals surface area (Å²) < 4.78 is 34.8. The van der Waals surface area contributed by atoms with Crippen molar-refractivity contribution in [2.24, 2.45) is 0 Å². The summed E-state index contributed by atoms with van der Waals surface area (Å²) in [4.78, 5) is 24.6. The normalized spacial score (nSPS) is 11.9. The average molecular weight is 675 g/mol. The molecule has 5 aromatic carbocycles. The number of benzene rings is 5. The first-order valence-electron chi connectivity index (χ1n) is 15.7. The largest absolute Gasteiger partial charge is 0.496 e. The fourth-order valence-electron chi connectivity index (χ4n) is 5.63. The lowest BCUT2D eigenvalue weighted by Gasteiger charge is -2.19. The van der Waals surface area contributed by atoms with Crippen molar-refractivity contribution in [1.82, 2.24) is 0 Å². The van der Waals surface area contributed by atoms with Crippen LogP contribution in [0.2, 0.25) is 0 Å². The summed E-state index contributed by atoms with van der Waals surface area (Å²) in [6.07, 6.45) is 1.65. The van der Waals surface area contributed by atoms with Gasteiger partial charge in [0, 0.05) is 40.8 Å². The van der Waals surface area contributed by atoms with Gasteiger partial charge in [-0.1, -0.05) is 72.8 Å². The summed E-state index contributed by atoms with van der Waals surface area (Å²) in [5.41, 5.74) is 4.10. The van der Waals surface area contributed by atoms with Crippen molar-refractivity contribution in [1.29, 1.82) is 0 Å². The van der Waals surface area contributed by atoms with Gasteiger partial charge in [0.1, 0.15) is 24.7 Å². The van der Waals surface area contributed by atoms with Crippen molar-refractivity contribution < 1.29 is 48.2 Å². The first-order chi connectivity index (χ1) is 24.3. The van der Waals surface area contributed by atoms with E-state index in [1.165, 1.54) is 20.3 Å². The summed E-state index contributed by atoms with van der Waals surface area (Å²) >= 11 is 0. The molecule has 0 atom stereocenters. The number of rotatable bonds is 14. The van der Waals surface area contributed by atoms with Crippen molar-refractivity contribution in [3.8, 4) is 45.6 Å². The van der Waals surface area contributed by atoms with E-state index in [1.807, 2.05) is 54.6 Å². The van der Waals surface area contributed by atoms with E-state index in [-0.39, 0.29) is 37.6 Å². The van der Waals surface area contributed by atoms with E-state index in [1.54, 1.807) is 48.5 Å². The lowest BCUT2D eigenvalue weighted by Crippen LogP contribution is -2.07.